The van der Waals surface area contributed by atoms with Crippen LogP contribution < -0.4 is 53.5 Å². The Morgan fingerprint density at radius 3 is 1.09 bits per heavy atom. The molecule has 0 spiro atoms. The number of amides is 4. The zero-order valence-corrected chi connectivity index (χ0v) is 58.7. The van der Waals surface area contributed by atoms with E-state index in [4.69, 9.17) is 9.47 Å². The zero-order chi connectivity index (χ0) is 78.1. The third kappa shape index (κ3) is 19.2. The van der Waals surface area contributed by atoms with Gasteiger partial charge in [0.2, 0.25) is 18.1 Å². The molecule has 3 atom stereocenters. The highest BCUT2D eigenvalue weighted by Gasteiger charge is 2.27. The van der Waals surface area contributed by atoms with Crippen molar-refractivity contribution in [3.05, 3.63) is 260 Å². The molecular weight excluding hydrogens is 1430 g/mol. The number of imidazole rings is 4. The van der Waals surface area contributed by atoms with E-state index in [1.807, 2.05) is 48.5 Å². The smallest absolute Gasteiger partial charge is 0.323 e. The van der Waals surface area contributed by atoms with E-state index < -0.39 is 70.5 Å². The Labute approximate surface area is 623 Å². The van der Waals surface area contributed by atoms with Crippen LogP contribution in [0.15, 0.2) is 272 Å². The molecule has 0 bridgehead atoms. The van der Waals surface area contributed by atoms with Gasteiger partial charge in [-0.2, -0.15) is 35.8 Å². The molecule has 4 heterocycles. The lowest BCUT2D eigenvalue weighted by atomic mass is 10.0. The molecule has 0 fully saturated rings. The van der Waals surface area contributed by atoms with Crippen molar-refractivity contribution < 1.29 is 48.1 Å². The van der Waals surface area contributed by atoms with Gasteiger partial charge in [0.05, 0.1) is 61.1 Å². The summed E-state index contributed by atoms with van der Waals surface area (Å²) in [7, 11) is 0. The largest absolute Gasteiger partial charge is 0.505 e. The first-order chi connectivity index (χ1) is 53.6. The summed E-state index contributed by atoms with van der Waals surface area (Å²) in [5.74, 6) is -3.70. The van der Waals surface area contributed by atoms with Crippen molar-refractivity contribution in [3.63, 3.8) is 0 Å². The molecule has 111 heavy (non-hydrogen) atoms. The second-order valence-electron chi connectivity index (χ2n) is 24.3. The van der Waals surface area contributed by atoms with Gasteiger partial charge in [0, 0.05) is 28.1 Å². The van der Waals surface area contributed by atoms with Gasteiger partial charge in [-0.25, -0.2) is 19.2 Å². The first-order valence-electron chi connectivity index (χ1n) is 33.7. The number of aromatic amines is 8. The number of aromatic hydroxyl groups is 1. The van der Waals surface area contributed by atoms with Crippen molar-refractivity contribution in [2.45, 2.75) is 38.9 Å². The van der Waals surface area contributed by atoms with Crippen molar-refractivity contribution in [1.82, 2.24) is 39.9 Å². The Bertz CT molecular complexity index is 6070. The van der Waals surface area contributed by atoms with E-state index in [0.29, 0.717) is 95.1 Å². The predicted octanol–water partition coefficient (Wildman–Crippen LogP) is 12.8. The van der Waals surface area contributed by atoms with Gasteiger partial charge in [0.15, 0.2) is 23.1 Å². The molecule has 14 aromatic rings. The number of aromatic nitrogens is 8. The van der Waals surface area contributed by atoms with Crippen molar-refractivity contribution in [1.29, 1.82) is 0 Å². The van der Waals surface area contributed by atoms with E-state index >= 15 is 0 Å². The second-order valence-corrected chi connectivity index (χ2v) is 24.3. The van der Waals surface area contributed by atoms with Crippen molar-refractivity contribution in [2.24, 2.45) is 40.9 Å². The number of benzene rings is 10. The van der Waals surface area contributed by atoms with Crippen LogP contribution in [0.2, 0.25) is 0 Å². The van der Waals surface area contributed by atoms with E-state index in [9.17, 15) is 57.8 Å². The van der Waals surface area contributed by atoms with E-state index in [-0.39, 0.29) is 53.0 Å². The van der Waals surface area contributed by atoms with E-state index in [1.54, 1.807) is 164 Å². The van der Waals surface area contributed by atoms with Gasteiger partial charge in [0.25, 0.3) is 23.6 Å². The fraction of sp³-hybridized carbons (Fsp3) is 0.104. The number of ketones is 3. The zero-order valence-electron chi connectivity index (χ0n) is 58.7. The van der Waals surface area contributed by atoms with Gasteiger partial charge in [-0.05, 0) is 154 Å². The average molecular weight is 1490 g/mol. The number of anilines is 4. The van der Waals surface area contributed by atoms with Crippen LogP contribution >= 0.6 is 0 Å². The lowest BCUT2D eigenvalue weighted by Crippen LogP contribution is -2.31. The number of hydrogen-bond acceptors (Lipinski definition) is 22. The number of fused-ring (bicyclic) bond motifs is 5. The summed E-state index contributed by atoms with van der Waals surface area (Å²) in [6, 6.07) is 55.3. The molecule has 13 N–H and O–H groups in total. The Kier molecular flexibility index (Phi) is 23.2. The number of phenolic OH excluding ortho intramolecular Hbond substituents is 1. The molecule has 0 saturated heterocycles. The number of hydrogen-bond donors (Lipinski definition) is 13. The minimum Gasteiger partial charge on any atom is -0.505 e. The minimum absolute atomic E-state index is 0.0353. The van der Waals surface area contributed by atoms with Crippen LogP contribution in [0.1, 0.15) is 31.1 Å². The molecule has 3 unspecified atom stereocenters. The highest BCUT2D eigenvalue weighted by atomic mass is 16.5. The molecule has 556 valence electrons. The van der Waals surface area contributed by atoms with Crippen LogP contribution in [0.3, 0.4) is 0 Å². The number of carbonyl (C=O) groups is 7. The molecule has 4 aromatic heterocycles. The van der Waals surface area contributed by atoms with Crippen LogP contribution in [0.4, 0.5) is 51.2 Å². The Hall–Kier alpha value is -15.8. The molecule has 0 radical (unpaired) electrons. The number of Topliss-reactive ketones (excluding diaryl/α,β-unsaturated/α-hetero) is 3. The van der Waals surface area contributed by atoms with Gasteiger partial charge in [0.1, 0.15) is 41.8 Å². The number of azo groups is 4. The number of nitrogens with zero attached hydrogens (tertiary/aromatic N) is 8. The van der Waals surface area contributed by atoms with Crippen LogP contribution in [0.5, 0.6) is 17.2 Å². The standard InChI is InChI=1S/C36H32N10O8.C24H17N5O3.C17H15N5O3/c1-19(47)31(33(49)37-21-11-13-23-27(17-21)41-35(51)39-23)45-43-25-7-3-5-9-29(25)53-15-16-54-30-10-6-4-8-26(30)44-46-32(20(2)48)34(50)38-22-12-14-24-28(18-22)42-36(52)40-24;30-22-18(23(31)25-16-10-11-19-20(13-16)27-24(32)26-19)12-14-6-4-5-9-17(14)21(22)29-28-15-7-2-1-3-8-15;1-10(23)15(22-21-11-5-3-2-4-6-11)16(24)18-12-7-8-13-14(9-12)20-17(25)19-13/h3-14,17-18,31-32H,15-16H2,1-2H3,(H,37,49)(H,38,50)(H2,39,41,51)(H2,40,42,52);1-13,30H,(H,25,31)(H2,26,27,32);2-9,15H,1H3,(H,18,24)(H2,19,20,25). The highest BCUT2D eigenvalue weighted by molar-refractivity contribution is 6.14. The number of ether oxygens (including phenoxy) is 2. The topological polar surface area (TPSA) is 500 Å². The molecule has 4 amide bonds. The third-order valence-corrected chi connectivity index (χ3v) is 16.2. The Morgan fingerprint density at radius 2 is 0.694 bits per heavy atom. The van der Waals surface area contributed by atoms with E-state index in [2.05, 4.69) is 102 Å². The lowest BCUT2D eigenvalue weighted by molar-refractivity contribution is -0.127. The Morgan fingerprint density at radius 1 is 0.360 bits per heavy atom. The third-order valence-electron chi connectivity index (χ3n) is 16.2. The first-order valence-corrected chi connectivity index (χ1v) is 33.7. The summed E-state index contributed by atoms with van der Waals surface area (Å²) >= 11 is 0. The van der Waals surface area contributed by atoms with Gasteiger partial charge >= 0.3 is 22.8 Å². The quantitative estimate of drug-likeness (QED) is 0.0152. The molecule has 0 aliphatic heterocycles. The number of para-hydroxylation sites is 2. The van der Waals surface area contributed by atoms with Crippen molar-refractivity contribution >= 4 is 147 Å². The SMILES string of the molecule is CC(=O)C(N=Nc1ccccc1)C(=O)Nc1ccc2[nH]c(=O)[nH]c2c1.CC(=O)C(N=Nc1ccccc1OCCOc1ccccc1N=NC(C(C)=O)C(=O)Nc1ccc2[nH]c(=O)[nH]c2c1)C(=O)Nc1ccc2[nH]c(=O)[nH]c2c1.O=C(Nc1ccc2[nH]c(=O)[nH]c2c1)c1cc2ccccc2c(N=Nc2ccccc2)c1O. The Balaban J connectivity index is 0.000000169. The number of rotatable bonds is 24. The molecular formula is C77H64N20O14. The molecule has 0 saturated carbocycles. The molecule has 34 nitrogen and oxygen atoms in total. The van der Waals surface area contributed by atoms with Crippen LogP contribution in [-0.4, -0.2) is 117 Å². The molecule has 0 aliphatic rings. The first kappa shape index (κ1) is 74.9. The number of H-pyrrole nitrogens is 8. The molecule has 0 aliphatic carbocycles. The fourth-order valence-corrected chi connectivity index (χ4v) is 10.9. The average Bonchev–Trinajstić information content (AvgIpc) is 1.55. The molecule has 14 rings (SSSR count). The second kappa shape index (κ2) is 34.4. The molecule has 34 heteroatoms. The number of nitrogens with one attached hydrogen (secondary N) is 12. The summed E-state index contributed by atoms with van der Waals surface area (Å²) in [5, 5.41) is 55.4. The lowest BCUT2D eigenvalue weighted by Gasteiger charge is -2.12. The number of phenols is 1. The maximum absolute atomic E-state index is 13.0. The summed E-state index contributed by atoms with van der Waals surface area (Å²) in [6.45, 7) is 3.79. The van der Waals surface area contributed by atoms with Crippen molar-refractivity contribution in [3.8, 4) is 17.2 Å². The normalized spacial score (nSPS) is 12.2. The molecule has 10 aromatic carbocycles. The van der Waals surface area contributed by atoms with Crippen LogP contribution in [0.25, 0.3) is 54.9 Å². The highest BCUT2D eigenvalue weighted by Crippen LogP contribution is 2.40. The maximum Gasteiger partial charge on any atom is 0.323 e. The maximum atomic E-state index is 13.0. The minimum atomic E-state index is -1.46. The predicted molar refractivity (Wildman–Crippen MR) is 413 cm³/mol. The van der Waals surface area contributed by atoms with E-state index in [0.717, 1.165) is 5.39 Å². The van der Waals surface area contributed by atoms with Gasteiger partial charge in [-0.3, -0.25) is 33.6 Å². The summed E-state index contributed by atoms with van der Waals surface area (Å²) < 4.78 is 11.7. The fourth-order valence-electron chi connectivity index (χ4n) is 10.9. The van der Waals surface area contributed by atoms with Crippen LogP contribution in [-0.2, 0) is 28.8 Å². The summed E-state index contributed by atoms with van der Waals surface area (Å²) in [6.07, 6.45) is 0. The van der Waals surface area contributed by atoms with E-state index in [1.165, 1.54) is 20.8 Å². The van der Waals surface area contributed by atoms with Gasteiger partial charge in [-0.1, -0.05) is 84.9 Å². The van der Waals surface area contributed by atoms with Gasteiger partial charge < -0.3 is 75.7 Å². The summed E-state index contributed by atoms with van der Waals surface area (Å²) in [5.41, 5.74) is 6.55. The monoisotopic (exact) mass is 1490 g/mol. The number of carbonyl (C=O) groups excluding carboxylic acids is 7. The van der Waals surface area contributed by atoms with Crippen LogP contribution in [0, 0.1) is 0 Å². The van der Waals surface area contributed by atoms with Crippen molar-refractivity contribution in [2.75, 3.05) is 34.5 Å². The summed E-state index contributed by atoms with van der Waals surface area (Å²) in [4.78, 5) is 155. The van der Waals surface area contributed by atoms with Gasteiger partial charge in [-0.15, -0.1) is 5.11 Å².